The van der Waals surface area contributed by atoms with Crippen LogP contribution >= 0.6 is 0 Å². The maximum Gasteiger partial charge on any atom is 0.416 e. The van der Waals surface area contributed by atoms with Crippen LogP contribution in [0.5, 0.6) is 0 Å². The standard InChI is InChI=1S/C29H27F6N3O2/c1-18-5-6-20(10-19(18)2)11-25-16-37(17-26(39)21-4-3-7-36-15-21)8-9-38(25)27(40)22-12-23(28(30,31)32)14-24(13-22)29(33,34)35/h3-7,10,12-15,25H,8-9,11,16-17H2,1-2H3/t25-/m1/s1. The molecule has 2 aromatic carbocycles. The Balaban J connectivity index is 1.65. The van der Waals surface area contributed by atoms with Gasteiger partial charge in [0, 0.05) is 49.2 Å². The number of halogens is 6. The first-order valence-corrected chi connectivity index (χ1v) is 12.5. The van der Waals surface area contributed by atoms with Gasteiger partial charge in [0.05, 0.1) is 17.7 Å². The Labute approximate surface area is 227 Å². The first kappa shape index (κ1) is 29.3. The van der Waals surface area contributed by atoms with E-state index in [1.54, 1.807) is 18.3 Å². The monoisotopic (exact) mass is 563 g/mol. The fraction of sp³-hybridized carbons (Fsp3) is 0.345. The Hall–Kier alpha value is -3.73. The molecule has 11 heteroatoms. The summed E-state index contributed by atoms with van der Waals surface area (Å²) in [5, 5.41) is 0. The highest BCUT2D eigenvalue weighted by Crippen LogP contribution is 2.37. The van der Waals surface area contributed by atoms with E-state index in [-0.39, 0.29) is 38.0 Å². The molecule has 1 aliphatic heterocycles. The van der Waals surface area contributed by atoms with E-state index in [1.165, 1.54) is 11.1 Å². The number of pyridine rings is 1. The molecule has 0 bridgehead atoms. The fourth-order valence-corrected chi connectivity index (χ4v) is 4.77. The van der Waals surface area contributed by atoms with E-state index in [0.29, 0.717) is 24.1 Å². The van der Waals surface area contributed by atoms with Crippen molar-refractivity contribution in [2.45, 2.75) is 38.7 Å². The van der Waals surface area contributed by atoms with Gasteiger partial charge < -0.3 is 4.90 Å². The Morgan fingerprint density at radius 3 is 2.12 bits per heavy atom. The van der Waals surface area contributed by atoms with Gasteiger partial charge in [-0.1, -0.05) is 18.2 Å². The zero-order valence-corrected chi connectivity index (χ0v) is 21.8. The van der Waals surface area contributed by atoms with Gasteiger partial charge in [-0.05, 0) is 67.3 Å². The maximum absolute atomic E-state index is 13.5. The molecule has 2 heterocycles. The van der Waals surface area contributed by atoms with Crippen molar-refractivity contribution in [1.29, 1.82) is 0 Å². The number of Topliss-reactive ketones (excluding diaryl/α,β-unsaturated/α-hetero) is 1. The van der Waals surface area contributed by atoms with Crippen LogP contribution in [0.2, 0.25) is 0 Å². The van der Waals surface area contributed by atoms with E-state index in [0.717, 1.165) is 16.7 Å². The molecule has 212 valence electrons. The molecule has 0 saturated carbocycles. The molecule has 5 nitrogen and oxygen atoms in total. The number of aryl methyl sites for hydroxylation is 2. The summed E-state index contributed by atoms with van der Waals surface area (Å²) in [4.78, 5) is 33.4. The van der Waals surface area contributed by atoms with E-state index in [2.05, 4.69) is 4.98 Å². The van der Waals surface area contributed by atoms with Crippen molar-refractivity contribution in [3.05, 3.63) is 99.9 Å². The average molecular weight is 564 g/mol. The van der Waals surface area contributed by atoms with Gasteiger partial charge >= 0.3 is 12.4 Å². The predicted molar refractivity (Wildman–Crippen MR) is 136 cm³/mol. The number of ketones is 1. The number of carbonyl (C=O) groups excluding carboxylic acids is 2. The van der Waals surface area contributed by atoms with Crippen molar-refractivity contribution < 1.29 is 35.9 Å². The largest absolute Gasteiger partial charge is 0.416 e. The van der Waals surface area contributed by atoms with Crippen LogP contribution in [0.1, 0.15) is 48.5 Å². The molecule has 0 aliphatic carbocycles. The molecular formula is C29H27F6N3O2. The second kappa shape index (κ2) is 11.4. The smallest absolute Gasteiger partial charge is 0.333 e. The van der Waals surface area contributed by atoms with Crippen LogP contribution in [0.3, 0.4) is 0 Å². The second-order valence-electron chi connectivity index (χ2n) is 9.97. The van der Waals surface area contributed by atoms with Crippen LogP contribution in [0.4, 0.5) is 26.3 Å². The topological polar surface area (TPSA) is 53.5 Å². The van der Waals surface area contributed by atoms with Crippen molar-refractivity contribution in [1.82, 2.24) is 14.8 Å². The van der Waals surface area contributed by atoms with Crippen molar-refractivity contribution >= 4 is 11.7 Å². The zero-order chi connectivity index (χ0) is 29.2. The number of piperazine rings is 1. The van der Waals surface area contributed by atoms with Crippen LogP contribution in [-0.4, -0.2) is 58.7 Å². The molecule has 0 radical (unpaired) electrons. The van der Waals surface area contributed by atoms with Crippen molar-refractivity contribution in [2.24, 2.45) is 0 Å². The Morgan fingerprint density at radius 2 is 1.55 bits per heavy atom. The molecule has 4 rings (SSSR count). The van der Waals surface area contributed by atoms with Crippen LogP contribution in [0.25, 0.3) is 0 Å². The highest BCUT2D eigenvalue weighted by atomic mass is 19.4. The van der Waals surface area contributed by atoms with Crippen LogP contribution in [0, 0.1) is 13.8 Å². The number of carbonyl (C=O) groups is 2. The number of hydrogen-bond donors (Lipinski definition) is 0. The summed E-state index contributed by atoms with van der Waals surface area (Å²) >= 11 is 0. The molecule has 0 N–H and O–H groups in total. The number of benzene rings is 2. The number of amides is 1. The van der Waals surface area contributed by atoms with Crippen molar-refractivity contribution in [3.63, 3.8) is 0 Å². The molecule has 1 amide bonds. The van der Waals surface area contributed by atoms with Gasteiger partial charge in [-0.2, -0.15) is 26.3 Å². The molecule has 0 unspecified atom stereocenters. The van der Waals surface area contributed by atoms with Gasteiger partial charge in [0.2, 0.25) is 0 Å². The fourth-order valence-electron chi connectivity index (χ4n) is 4.77. The first-order valence-electron chi connectivity index (χ1n) is 12.5. The summed E-state index contributed by atoms with van der Waals surface area (Å²) in [7, 11) is 0. The van der Waals surface area contributed by atoms with Gasteiger partial charge in [0.1, 0.15) is 0 Å². The summed E-state index contributed by atoms with van der Waals surface area (Å²) in [6.45, 7) is 4.32. The molecule has 1 fully saturated rings. The minimum absolute atomic E-state index is 0.00529. The first-order chi connectivity index (χ1) is 18.7. The van der Waals surface area contributed by atoms with Crippen molar-refractivity contribution in [2.75, 3.05) is 26.2 Å². The lowest BCUT2D eigenvalue weighted by atomic mass is 9.97. The lowest BCUT2D eigenvalue weighted by Gasteiger charge is -2.41. The minimum atomic E-state index is -5.07. The normalized spacial score (nSPS) is 16.7. The molecular weight excluding hydrogens is 536 g/mol. The predicted octanol–water partition coefficient (Wildman–Crippen LogP) is 5.99. The van der Waals surface area contributed by atoms with Gasteiger partial charge in [0.15, 0.2) is 5.78 Å². The van der Waals surface area contributed by atoms with Crippen molar-refractivity contribution in [3.8, 4) is 0 Å². The number of alkyl halides is 6. The number of rotatable bonds is 6. The van der Waals surface area contributed by atoms with Crippen LogP contribution in [0.15, 0.2) is 60.9 Å². The molecule has 40 heavy (non-hydrogen) atoms. The molecule has 0 spiro atoms. The summed E-state index contributed by atoms with van der Waals surface area (Å²) in [6, 6.07) is 9.31. The minimum Gasteiger partial charge on any atom is -0.333 e. The van der Waals surface area contributed by atoms with E-state index in [4.69, 9.17) is 0 Å². The van der Waals surface area contributed by atoms with Crippen LogP contribution < -0.4 is 0 Å². The summed E-state index contributed by atoms with van der Waals surface area (Å²) in [5.41, 5.74) is -0.460. The average Bonchev–Trinajstić information content (AvgIpc) is 2.90. The molecule has 1 atom stereocenters. The number of aromatic nitrogens is 1. The summed E-state index contributed by atoms with van der Waals surface area (Å²) in [6.07, 6.45) is -6.85. The number of nitrogens with zero attached hydrogens (tertiary/aromatic N) is 3. The van der Waals surface area contributed by atoms with Gasteiger partial charge in [0.25, 0.3) is 5.91 Å². The Morgan fingerprint density at radius 1 is 0.875 bits per heavy atom. The maximum atomic E-state index is 13.5. The third kappa shape index (κ3) is 6.88. The molecule has 1 aliphatic rings. The van der Waals surface area contributed by atoms with E-state index >= 15 is 0 Å². The summed E-state index contributed by atoms with van der Waals surface area (Å²) in [5.74, 6) is -1.12. The van der Waals surface area contributed by atoms with Gasteiger partial charge in [-0.25, -0.2) is 0 Å². The third-order valence-corrected chi connectivity index (χ3v) is 7.06. The Kier molecular flexibility index (Phi) is 8.34. The molecule has 1 aromatic heterocycles. The van der Waals surface area contributed by atoms with E-state index in [1.807, 2.05) is 36.9 Å². The second-order valence-corrected chi connectivity index (χ2v) is 9.97. The zero-order valence-electron chi connectivity index (χ0n) is 21.8. The summed E-state index contributed by atoms with van der Waals surface area (Å²) < 4.78 is 80.7. The molecule has 1 saturated heterocycles. The van der Waals surface area contributed by atoms with Crippen LogP contribution in [-0.2, 0) is 18.8 Å². The third-order valence-electron chi connectivity index (χ3n) is 7.06. The van der Waals surface area contributed by atoms with Gasteiger partial charge in [-0.15, -0.1) is 0 Å². The quantitative estimate of drug-likeness (QED) is 0.273. The van der Waals surface area contributed by atoms with E-state index in [9.17, 15) is 35.9 Å². The van der Waals surface area contributed by atoms with E-state index < -0.39 is 41.0 Å². The molecule has 3 aromatic rings. The lowest BCUT2D eigenvalue weighted by molar-refractivity contribution is -0.143. The lowest BCUT2D eigenvalue weighted by Crippen LogP contribution is -2.56. The highest BCUT2D eigenvalue weighted by molar-refractivity contribution is 5.97. The highest BCUT2D eigenvalue weighted by Gasteiger charge is 2.39. The number of hydrogen-bond acceptors (Lipinski definition) is 4. The SMILES string of the molecule is Cc1ccc(C[C@@H]2CN(CC(=O)c3cccnc3)CCN2C(=O)c2cc(C(F)(F)F)cc(C(F)(F)F)c2)cc1C. The Bertz CT molecular complexity index is 1360. The van der Waals surface area contributed by atoms with Gasteiger partial charge in [-0.3, -0.25) is 19.5 Å².